The van der Waals surface area contributed by atoms with E-state index in [1.807, 2.05) is 53.9 Å². The molecule has 1 atom stereocenters. The Balaban J connectivity index is 1.24. The first-order chi connectivity index (χ1) is 22.4. The average molecular weight is 673 g/mol. The van der Waals surface area contributed by atoms with Gasteiger partial charge in [-0.05, 0) is 59.5 Å². The van der Waals surface area contributed by atoms with Gasteiger partial charge in [-0.2, -0.15) is 5.10 Å². The Labute approximate surface area is 279 Å². The van der Waals surface area contributed by atoms with Crippen molar-refractivity contribution in [2.45, 2.75) is 24.2 Å². The first-order valence-electron chi connectivity index (χ1n) is 14.3. The Kier molecular flexibility index (Phi) is 9.67. The van der Waals surface area contributed by atoms with Crippen LogP contribution in [0.5, 0.6) is 11.5 Å². The highest BCUT2D eigenvalue weighted by atomic mass is 35.5. The number of amides is 2. The number of hydrogen-bond acceptors (Lipinski definition) is 9. The molecule has 5 aromatic rings. The molecule has 46 heavy (non-hydrogen) atoms. The first kappa shape index (κ1) is 31.3. The fraction of sp³-hybridized carbons (Fsp3) is 0.182. The van der Waals surface area contributed by atoms with Crippen LogP contribution in [0, 0.1) is 0 Å². The molecular formula is C33H29ClN6O4S2. The number of aromatic nitrogens is 3. The van der Waals surface area contributed by atoms with Gasteiger partial charge in [0.1, 0.15) is 11.5 Å². The van der Waals surface area contributed by atoms with Crippen LogP contribution in [0.4, 0.5) is 0 Å². The van der Waals surface area contributed by atoms with Gasteiger partial charge in [0, 0.05) is 11.4 Å². The van der Waals surface area contributed by atoms with Gasteiger partial charge in [-0.25, -0.2) is 5.01 Å². The van der Waals surface area contributed by atoms with Crippen molar-refractivity contribution in [2.24, 2.45) is 5.10 Å². The number of hydrazone groups is 1. The van der Waals surface area contributed by atoms with Crippen LogP contribution in [0.3, 0.4) is 0 Å². The van der Waals surface area contributed by atoms with Crippen molar-refractivity contribution in [2.75, 3.05) is 20.0 Å². The highest BCUT2D eigenvalue weighted by Crippen LogP contribution is 2.35. The third kappa shape index (κ3) is 6.79. The Hall–Kier alpha value is -4.65. The van der Waals surface area contributed by atoms with E-state index in [2.05, 4.69) is 15.5 Å². The van der Waals surface area contributed by atoms with Crippen LogP contribution in [-0.2, 0) is 11.3 Å². The average Bonchev–Trinajstić information content (AvgIpc) is 3.86. The van der Waals surface area contributed by atoms with Crippen molar-refractivity contribution in [1.29, 1.82) is 0 Å². The number of ether oxygens (including phenoxy) is 2. The van der Waals surface area contributed by atoms with Gasteiger partial charge in [0.05, 0.1) is 54.4 Å². The Morgan fingerprint density at radius 3 is 2.57 bits per heavy atom. The lowest BCUT2D eigenvalue weighted by Gasteiger charge is -2.22. The number of benzene rings is 3. The minimum absolute atomic E-state index is 0.0557. The molecule has 1 aliphatic rings. The predicted molar refractivity (Wildman–Crippen MR) is 179 cm³/mol. The Morgan fingerprint density at radius 1 is 1.00 bits per heavy atom. The van der Waals surface area contributed by atoms with Gasteiger partial charge < -0.3 is 14.8 Å². The van der Waals surface area contributed by atoms with Crippen LogP contribution >= 0.6 is 34.7 Å². The molecule has 13 heteroatoms. The van der Waals surface area contributed by atoms with E-state index in [-0.39, 0.29) is 30.2 Å². The van der Waals surface area contributed by atoms with Crippen LogP contribution in [0.1, 0.15) is 39.1 Å². The maximum atomic E-state index is 13.8. The molecule has 0 saturated carbocycles. The maximum Gasteiger partial charge on any atom is 0.255 e. The van der Waals surface area contributed by atoms with E-state index in [4.69, 9.17) is 26.2 Å². The Bertz CT molecular complexity index is 1880. The third-order valence-corrected chi connectivity index (χ3v) is 9.39. The summed E-state index contributed by atoms with van der Waals surface area (Å²) in [7, 11) is 3.14. The number of hydrogen-bond donors (Lipinski definition) is 1. The summed E-state index contributed by atoms with van der Waals surface area (Å²) in [6.45, 7) is 0.0744. The van der Waals surface area contributed by atoms with Crippen LogP contribution in [0.15, 0.2) is 101 Å². The smallest absolute Gasteiger partial charge is 0.255 e. The summed E-state index contributed by atoms with van der Waals surface area (Å²) in [6.07, 6.45) is 0.595. The number of thioether (sulfide) groups is 1. The molecule has 0 fully saturated rings. The number of nitrogens with one attached hydrogen (secondary N) is 1. The largest absolute Gasteiger partial charge is 0.497 e. The fourth-order valence-electron chi connectivity index (χ4n) is 5.08. The summed E-state index contributed by atoms with van der Waals surface area (Å²) < 4.78 is 12.5. The van der Waals surface area contributed by atoms with E-state index in [0.29, 0.717) is 39.4 Å². The predicted octanol–water partition coefficient (Wildman–Crippen LogP) is 6.40. The van der Waals surface area contributed by atoms with Crippen molar-refractivity contribution in [3.8, 4) is 17.2 Å². The number of methoxy groups -OCH3 is 2. The van der Waals surface area contributed by atoms with Crippen LogP contribution in [0.2, 0.25) is 5.02 Å². The highest BCUT2D eigenvalue weighted by molar-refractivity contribution is 7.99. The molecule has 0 saturated heterocycles. The molecule has 10 nitrogen and oxygen atoms in total. The van der Waals surface area contributed by atoms with Gasteiger partial charge in [-0.3, -0.25) is 14.2 Å². The minimum Gasteiger partial charge on any atom is -0.497 e. The molecular weight excluding hydrogens is 644 g/mol. The van der Waals surface area contributed by atoms with Crippen molar-refractivity contribution in [3.63, 3.8) is 0 Å². The summed E-state index contributed by atoms with van der Waals surface area (Å²) in [4.78, 5) is 27.9. The van der Waals surface area contributed by atoms with Crippen LogP contribution in [0.25, 0.3) is 5.69 Å². The van der Waals surface area contributed by atoms with E-state index >= 15 is 0 Å². The van der Waals surface area contributed by atoms with Gasteiger partial charge in [0.15, 0.2) is 11.0 Å². The van der Waals surface area contributed by atoms with Gasteiger partial charge >= 0.3 is 0 Å². The molecule has 234 valence electrons. The number of para-hydroxylation sites is 1. The van der Waals surface area contributed by atoms with Crippen molar-refractivity contribution in [3.05, 3.63) is 117 Å². The van der Waals surface area contributed by atoms with Gasteiger partial charge in [0.25, 0.3) is 11.8 Å². The van der Waals surface area contributed by atoms with E-state index in [1.54, 1.807) is 64.4 Å². The first-order valence-corrected chi connectivity index (χ1v) is 16.5. The summed E-state index contributed by atoms with van der Waals surface area (Å²) in [5, 5.41) is 21.0. The highest BCUT2D eigenvalue weighted by Gasteiger charge is 2.34. The fourth-order valence-corrected chi connectivity index (χ4v) is 6.81. The lowest BCUT2D eigenvalue weighted by molar-refractivity contribution is -0.130. The van der Waals surface area contributed by atoms with Crippen LogP contribution in [-0.4, -0.2) is 57.3 Å². The summed E-state index contributed by atoms with van der Waals surface area (Å²) >= 11 is 9.18. The summed E-state index contributed by atoms with van der Waals surface area (Å²) in [5.41, 5.74) is 2.93. The summed E-state index contributed by atoms with van der Waals surface area (Å²) in [5.74, 6) is 1.23. The van der Waals surface area contributed by atoms with Gasteiger partial charge in [-0.1, -0.05) is 59.8 Å². The zero-order valence-corrected chi connectivity index (χ0v) is 27.3. The van der Waals surface area contributed by atoms with Gasteiger partial charge in [0.2, 0.25) is 0 Å². The molecule has 1 N–H and O–H groups in total. The number of nitrogens with zero attached hydrogens (tertiary/aromatic N) is 5. The number of thiophene rings is 1. The molecule has 2 amide bonds. The molecule has 0 spiro atoms. The topological polar surface area (TPSA) is 111 Å². The molecule has 1 aliphatic heterocycles. The SMILES string of the molecule is COc1ccc(C2CC(c3cccs3)=NN2C(=O)CSc2nnc(CNC(=O)c3ccccc3OC)n2-c2cccc(Cl)c2)cc1. The minimum atomic E-state index is -0.319. The van der Waals surface area contributed by atoms with E-state index in [0.717, 1.165) is 21.9 Å². The molecule has 0 bridgehead atoms. The van der Waals surface area contributed by atoms with Crippen molar-refractivity contribution >= 4 is 52.2 Å². The molecule has 2 aromatic heterocycles. The standard InChI is InChI=1S/C33H29ClN6O4S2/c1-43-24-14-12-21(13-15-24)27-18-26(29-11-6-16-45-29)38-40(27)31(41)20-46-33-37-36-30(39(33)23-8-5-7-22(34)17-23)19-35-32(42)25-9-3-4-10-28(25)44-2/h3-17,27H,18-20H2,1-2H3,(H,35,42). The van der Waals surface area contributed by atoms with Crippen LogP contribution < -0.4 is 14.8 Å². The lowest BCUT2D eigenvalue weighted by atomic mass is 10.0. The number of rotatable bonds is 11. The quantitative estimate of drug-likeness (QED) is 0.162. The second-order valence-corrected chi connectivity index (χ2v) is 12.5. The molecule has 1 unspecified atom stereocenters. The van der Waals surface area contributed by atoms with E-state index in [9.17, 15) is 9.59 Å². The van der Waals surface area contributed by atoms with Crippen molar-refractivity contribution < 1.29 is 19.1 Å². The summed E-state index contributed by atoms with van der Waals surface area (Å²) in [6, 6.07) is 25.6. The normalized spacial score (nSPS) is 14.2. The van der Waals surface area contributed by atoms with E-state index < -0.39 is 0 Å². The lowest BCUT2D eigenvalue weighted by Crippen LogP contribution is -2.28. The number of carbonyl (C=O) groups is 2. The molecule has 6 rings (SSSR count). The second kappa shape index (κ2) is 14.2. The van der Waals surface area contributed by atoms with Gasteiger partial charge in [-0.15, -0.1) is 21.5 Å². The zero-order valence-electron chi connectivity index (χ0n) is 24.9. The number of carbonyl (C=O) groups excluding carboxylic acids is 2. The second-order valence-electron chi connectivity index (χ2n) is 10.1. The Morgan fingerprint density at radius 2 is 1.83 bits per heavy atom. The third-order valence-electron chi connectivity index (χ3n) is 7.32. The van der Waals surface area contributed by atoms with E-state index in [1.165, 1.54) is 18.9 Å². The molecule has 0 aliphatic carbocycles. The molecule has 3 heterocycles. The maximum absolute atomic E-state index is 13.8. The zero-order chi connectivity index (χ0) is 32.0. The number of halogens is 1. The molecule has 0 radical (unpaired) electrons. The molecule has 3 aromatic carbocycles. The van der Waals surface area contributed by atoms with Crippen molar-refractivity contribution in [1.82, 2.24) is 25.1 Å². The monoisotopic (exact) mass is 672 g/mol.